The highest BCUT2D eigenvalue weighted by Crippen LogP contribution is 2.51. The second-order valence-corrected chi connectivity index (χ2v) is 8.75. The number of ether oxygens (including phenoxy) is 1. The van der Waals surface area contributed by atoms with Gasteiger partial charge in [0.2, 0.25) is 6.43 Å². The number of hydrogen-bond acceptors (Lipinski definition) is 5. The lowest BCUT2D eigenvalue weighted by molar-refractivity contribution is -0.0494. The van der Waals surface area contributed by atoms with E-state index in [0.717, 1.165) is 0 Å². The Morgan fingerprint density at radius 3 is 2.52 bits per heavy atom. The van der Waals surface area contributed by atoms with Gasteiger partial charge in [-0.3, -0.25) is 4.98 Å². The van der Waals surface area contributed by atoms with Gasteiger partial charge in [0.15, 0.2) is 0 Å². The van der Waals surface area contributed by atoms with Gasteiger partial charge in [-0.1, -0.05) is 30.0 Å². The van der Waals surface area contributed by atoms with Gasteiger partial charge in [0.1, 0.15) is 11.9 Å². The summed E-state index contributed by atoms with van der Waals surface area (Å²) in [7, 11) is 0. The van der Waals surface area contributed by atoms with E-state index in [9.17, 15) is 27.8 Å². The van der Waals surface area contributed by atoms with E-state index in [4.69, 9.17) is 0 Å². The van der Waals surface area contributed by atoms with Gasteiger partial charge < -0.3 is 14.9 Å². The maximum Gasteiger partial charge on any atom is 0.387 e. The number of aromatic nitrogens is 1. The number of rotatable bonds is 10. The molecular formula is C24H25F4NO3S. The van der Waals surface area contributed by atoms with Crippen LogP contribution in [0.5, 0.6) is 5.75 Å². The molecule has 0 bridgehead atoms. The van der Waals surface area contributed by atoms with Crippen molar-refractivity contribution >= 4 is 11.8 Å². The first-order valence-corrected chi connectivity index (χ1v) is 11.2. The number of aliphatic hydroxyl groups excluding tert-OH is 2. The maximum atomic E-state index is 13.0. The van der Waals surface area contributed by atoms with Crippen LogP contribution in [0.25, 0.3) is 11.1 Å². The van der Waals surface area contributed by atoms with Gasteiger partial charge in [-0.2, -0.15) is 8.78 Å². The summed E-state index contributed by atoms with van der Waals surface area (Å²) in [5.41, 5.74) is 1.66. The van der Waals surface area contributed by atoms with Crippen molar-refractivity contribution in [2.24, 2.45) is 5.92 Å². The molecule has 1 saturated carbocycles. The number of alkyl halides is 4. The van der Waals surface area contributed by atoms with Gasteiger partial charge in [-0.05, 0) is 55.7 Å². The molecule has 0 amide bonds. The van der Waals surface area contributed by atoms with E-state index in [1.165, 1.54) is 36.2 Å². The Hall–Kier alpha value is -2.36. The summed E-state index contributed by atoms with van der Waals surface area (Å²) in [6.45, 7) is 0.274. The molecule has 1 fully saturated rings. The van der Waals surface area contributed by atoms with E-state index < -0.39 is 25.1 Å². The molecule has 1 aromatic heterocycles. The Balaban J connectivity index is 1.98. The predicted octanol–water partition coefficient (Wildman–Crippen LogP) is 6.29. The van der Waals surface area contributed by atoms with Crippen molar-refractivity contribution in [2.45, 2.75) is 45.3 Å². The normalized spacial score (nSPS) is 19.8. The fraction of sp³-hybridized carbons (Fsp3) is 0.375. The van der Waals surface area contributed by atoms with Gasteiger partial charge in [0, 0.05) is 39.1 Å². The van der Waals surface area contributed by atoms with E-state index in [1.54, 1.807) is 38.1 Å². The van der Waals surface area contributed by atoms with Crippen LogP contribution < -0.4 is 4.74 Å². The molecule has 2 aromatic rings. The van der Waals surface area contributed by atoms with Gasteiger partial charge in [0.25, 0.3) is 0 Å². The zero-order chi connectivity index (χ0) is 24.1. The lowest BCUT2D eigenvalue weighted by Gasteiger charge is -2.19. The number of allylic oxidation sites excluding steroid dienone is 2. The molecule has 1 heterocycles. The zero-order valence-electron chi connectivity index (χ0n) is 18.1. The van der Waals surface area contributed by atoms with Gasteiger partial charge in [-0.15, -0.1) is 0 Å². The fourth-order valence-corrected chi connectivity index (χ4v) is 4.42. The van der Waals surface area contributed by atoms with E-state index in [-0.39, 0.29) is 18.3 Å². The third-order valence-corrected chi connectivity index (χ3v) is 6.77. The van der Waals surface area contributed by atoms with Crippen LogP contribution in [0, 0.1) is 5.92 Å². The van der Waals surface area contributed by atoms with Crippen LogP contribution in [-0.4, -0.2) is 34.8 Å². The number of halogens is 4. The zero-order valence-corrected chi connectivity index (χ0v) is 18.9. The Kier molecular flexibility index (Phi) is 8.56. The Bertz CT molecular complexity index is 1030. The molecule has 3 atom stereocenters. The lowest BCUT2D eigenvalue weighted by atomic mass is 9.98. The molecule has 4 nitrogen and oxygen atoms in total. The van der Waals surface area contributed by atoms with E-state index >= 15 is 0 Å². The van der Waals surface area contributed by atoms with Gasteiger partial charge >= 0.3 is 6.61 Å². The third-order valence-electron chi connectivity index (χ3n) is 5.45. The average molecular weight is 484 g/mol. The fourth-order valence-electron chi connectivity index (χ4n) is 3.56. The predicted molar refractivity (Wildman–Crippen MR) is 120 cm³/mol. The lowest BCUT2D eigenvalue weighted by Crippen LogP contribution is -2.06. The number of aliphatic hydroxyl groups is 2. The van der Waals surface area contributed by atoms with Crippen LogP contribution >= 0.6 is 11.8 Å². The van der Waals surface area contributed by atoms with E-state index in [2.05, 4.69) is 9.72 Å². The van der Waals surface area contributed by atoms with E-state index in [1.807, 2.05) is 0 Å². The van der Waals surface area contributed by atoms with Crippen LogP contribution in [-0.2, 0) is 0 Å². The van der Waals surface area contributed by atoms with Crippen molar-refractivity contribution in [3.63, 3.8) is 0 Å². The summed E-state index contributed by atoms with van der Waals surface area (Å²) in [6, 6.07) is 7.56. The van der Waals surface area contributed by atoms with Crippen molar-refractivity contribution in [1.82, 2.24) is 4.98 Å². The summed E-state index contributed by atoms with van der Waals surface area (Å²) in [5.74, 6) is -1.22. The number of nitrogens with zero attached hydrogens (tertiary/aromatic N) is 1. The number of hydrogen-bond donors (Lipinski definition) is 2. The summed E-state index contributed by atoms with van der Waals surface area (Å²) >= 11 is 1.22. The minimum Gasteiger partial charge on any atom is -0.434 e. The molecule has 178 valence electrons. The highest BCUT2D eigenvalue weighted by Gasteiger charge is 2.46. The van der Waals surface area contributed by atoms with Crippen molar-refractivity contribution in [1.29, 1.82) is 0 Å². The van der Waals surface area contributed by atoms with Crippen molar-refractivity contribution in [3.8, 4) is 16.9 Å². The van der Waals surface area contributed by atoms with Crippen LogP contribution in [0.3, 0.4) is 0 Å². The monoisotopic (exact) mass is 483 g/mol. The third kappa shape index (κ3) is 6.16. The Morgan fingerprint density at radius 2 is 1.94 bits per heavy atom. The first-order valence-electron chi connectivity index (χ1n) is 10.4. The molecule has 0 radical (unpaired) electrons. The Labute approximate surface area is 194 Å². The molecule has 0 spiro atoms. The SMILES string of the molecule is C/C=C(/CO)S/C(=C\C)[C@H](O)c1ccc(OC(F)F)c(-c2ccnc(C3CC3C(F)F)c2)c1. The van der Waals surface area contributed by atoms with Crippen LogP contribution in [0.2, 0.25) is 0 Å². The quantitative estimate of drug-likeness (QED) is 0.389. The maximum absolute atomic E-state index is 13.0. The van der Waals surface area contributed by atoms with Crippen LogP contribution in [0.4, 0.5) is 17.6 Å². The minimum atomic E-state index is -3.06. The summed E-state index contributed by atoms with van der Waals surface area (Å²) in [4.78, 5) is 5.39. The standard InChI is InChI=1S/C24H25F4NO3S/c1-3-15(12-30)33-21(4-2)22(31)14-5-6-20(32-24(27)28)16(9-14)13-7-8-29-19(10-13)17-11-18(17)23(25)26/h3-10,17-18,22-24,30-31H,11-12H2,1-2H3/b15-3-,21-4-/t17?,18?,22-/m1/s1. The molecule has 0 aliphatic heterocycles. The minimum absolute atomic E-state index is 0.0986. The summed E-state index contributed by atoms with van der Waals surface area (Å²) in [6.07, 6.45) is 1.71. The molecule has 3 rings (SSSR count). The molecule has 1 aromatic carbocycles. The van der Waals surface area contributed by atoms with Crippen molar-refractivity contribution in [2.75, 3.05) is 6.61 Å². The summed E-state index contributed by atoms with van der Waals surface area (Å²) in [5, 5.41) is 20.4. The number of pyridine rings is 1. The first-order chi connectivity index (χ1) is 15.8. The van der Waals surface area contributed by atoms with Crippen LogP contribution in [0.15, 0.2) is 58.5 Å². The van der Waals surface area contributed by atoms with Gasteiger partial charge in [-0.25, -0.2) is 8.78 Å². The highest BCUT2D eigenvalue weighted by molar-refractivity contribution is 8.06. The second kappa shape index (κ2) is 11.2. The van der Waals surface area contributed by atoms with E-state index in [0.29, 0.717) is 38.6 Å². The number of thioether (sulfide) groups is 1. The first kappa shape index (κ1) is 25.3. The molecule has 33 heavy (non-hydrogen) atoms. The highest BCUT2D eigenvalue weighted by atomic mass is 32.2. The molecule has 1 aliphatic carbocycles. The average Bonchev–Trinajstić information content (AvgIpc) is 3.61. The Morgan fingerprint density at radius 1 is 1.18 bits per heavy atom. The second-order valence-electron chi connectivity index (χ2n) is 7.55. The largest absolute Gasteiger partial charge is 0.434 e. The van der Waals surface area contributed by atoms with Crippen molar-refractivity contribution in [3.05, 3.63) is 69.7 Å². The van der Waals surface area contributed by atoms with Crippen molar-refractivity contribution < 1.29 is 32.5 Å². The topological polar surface area (TPSA) is 62.6 Å². The molecule has 9 heteroatoms. The molecular weight excluding hydrogens is 458 g/mol. The van der Waals surface area contributed by atoms with Crippen LogP contribution in [0.1, 0.15) is 43.5 Å². The smallest absolute Gasteiger partial charge is 0.387 e. The molecule has 1 aliphatic rings. The molecule has 2 N–H and O–H groups in total. The molecule has 2 unspecified atom stereocenters. The summed E-state index contributed by atoms with van der Waals surface area (Å²) < 4.78 is 56.7. The molecule has 0 saturated heterocycles. The number of benzene rings is 1. The van der Waals surface area contributed by atoms with Gasteiger partial charge in [0.05, 0.1) is 6.61 Å².